The van der Waals surface area contributed by atoms with Crippen LogP contribution in [0.4, 0.5) is 8.78 Å². The molecule has 0 spiro atoms. The molecule has 0 bridgehead atoms. The SMILES string of the molecule is CCC(CS(=O)(=O)CC(CC)c1ccccc1F)c1ccccc1F. The number of halogens is 2. The highest BCUT2D eigenvalue weighted by molar-refractivity contribution is 7.91. The molecular formula is C20H24F2O2S. The van der Waals surface area contributed by atoms with E-state index in [1.54, 1.807) is 36.4 Å². The van der Waals surface area contributed by atoms with Crippen molar-refractivity contribution in [1.82, 2.24) is 0 Å². The van der Waals surface area contributed by atoms with Gasteiger partial charge in [-0.2, -0.15) is 0 Å². The number of sulfone groups is 1. The lowest BCUT2D eigenvalue weighted by Crippen LogP contribution is -2.22. The van der Waals surface area contributed by atoms with Crippen LogP contribution in [0.5, 0.6) is 0 Å². The number of hydrogen-bond acceptors (Lipinski definition) is 2. The van der Waals surface area contributed by atoms with E-state index >= 15 is 0 Å². The summed E-state index contributed by atoms with van der Waals surface area (Å²) >= 11 is 0. The predicted molar refractivity (Wildman–Crippen MR) is 97.5 cm³/mol. The van der Waals surface area contributed by atoms with Crippen LogP contribution >= 0.6 is 0 Å². The molecule has 2 atom stereocenters. The average molecular weight is 366 g/mol. The highest BCUT2D eigenvalue weighted by Gasteiger charge is 2.26. The van der Waals surface area contributed by atoms with Gasteiger partial charge in [-0.25, -0.2) is 17.2 Å². The highest BCUT2D eigenvalue weighted by atomic mass is 32.2. The molecule has 2 nitrogen and oxygen atoms in total. The maximum absolute atomic E-state index is 14.0. The van der Waals surface area contributed by atoms with Gasteiger partial charge in [-0.3, -0.25) is 0 Å². The summed E-state index contributed by atoms with van der Waals surface area (Å²) in [6.45, 7) is 3.70. The van der Waals surface area contributed by atoms with Crippen LogP contribution in [0.3, 0.4) is 0 Å². The molecule has 0 aliphatic heterocycles. The van der Waals surface area contributed by atoms with Crippen LogP contribution in [0.25, 0.3) is 0 Å². The maximum atomic E-state index is 14.0. The summed E-state index contributed by atoms with van der Waals surface area (Å²) in [6.07, 6.45) is 1.05. The fourth-order valence-corrected chi connectivity index (χ4v) is 5.34. The largest absolute Gasteiger partial charge is 0.229 e. The van der Waals surface area contributed by atoms with Crippen LogP contribution in [0.2, 0.25) is 0 Å². The molecule has 2 rings (SSSR count). The van der Waals surface area contributed by atoms with Gasteiger partial charge in [-0.15, -0.1) is 0 Å². The van der Waals surface area contributed by atoms with Gasteiger partial charge >= 0.3 is 0 Å². The van der Waals surface area contributed by atoms with E-state index in [-0.39, 0.29) is 23.1 Å². The second-order valence-corrected chi connectivity index (χ2v) is 8.48. The fourth-order valence-electron chi connectivity index (χ4n) is 3.15. The highest BCUT2D eigenvalue weighted by Crippen LogP contribution is 2.28. The second-order valence-electron chi connectivity index (χ2n) is 6.33. The molecule has 0 aliphatic carbocycles. The van der Waals surface area contributed by atoms with Crippen molar-refractivity contribution in [3.63, 3.8) is 0 Å². The predicted octanol–water partition coefficient (Wildman–Crippen LogP) is 5.07. The Hall–Kier alpha value is -1.75. The molecular weight excluding hydrogens is 342 g/mol. The zero-order valence-corrected chi connectivity index (χ0v) is 15.4. The van der Waals surface area contributed by atoms with Gasteiger partial charge in [-0.05, 0) is 36.1 Å². The van der Waals surface area contributed by atoms with Crippen molar-refractivity contribution in [1.29, 1.82) is 0 Å². The Labute approximate surface area is 148 Å². The summed E-state index contributed by atoms with van der Waals surface area (Å²) in [5.41, 5.74) is 0.847. The molecule has 0 saturated carbocycles. The Morgan fingerprint density at radius 3 is 1.44 bits per heavy atom. The molecule has 2 aromatic carbocycles. The van der Waals surface area contributed by atoms with E-state index in [4.69, 9.17) is 0 Å². The average Bonchev–Trinajstić information content (AvgIpc) is 2.59. The van der Waals surface area contributed by atoms with Crippen molar-refractivity contribution in [2.45, 2.75) is 38.5 Å². The van der Waals surface area contributed by atoms with Crippen molar-refractivity contribution >= 4 is 9.84 Å². The van der Waals surface area contributed by atoms with Gasteiger partial charge in [0.1, 0.15) is 11.6 Å². The van der Waals surface area contributed by atoms with Gasteiger partial charge in [-0.1, -0.05) is 50.2 Å². The standard InChI is InChI=1S/C20H24F2O2S/c1-3-15(17-9-5-7-11-19(17)21)13-25(23,24)14-16(4-2)18-10-6-8-12-20(18)22/h5-12,15-16H,3-4,13-14H2,1-2H3. The third kappa shape index (κ3) is 5.11. The normalized spacial score (nSPS) is 14.2. The third-order valence-corrected chi connectivity index (χ3v) is 6.41. The van der Waals surface area contributed by atoms with Gasteiger partial charge in [0, 0.05) is 11.8 Å². The molecule has 0 amide bonds. The Morgan fingerprint density at radius 2 is 1.12 bits per heavy atom. The summed E-state index contributed by atoms with van der Waals surface area (Å²) in [4.78, 5) is 0. The molecule has 136 valence electrons. The summed E-state index contributed by atoms with van der Waals surface area (Å²) in [5.74, 6) is -1.82. The van der Waals surface area contributed by atoms with E-state index in [0.29, 0.717) is 24.0 Å². The zero-order chi connectivity index (χ0) is 18.4. The van der Waals surface area contributed by atoms with Crippen LogP contribution < -0.4 is 0 Å². The first-order chi connectivity index (χ1) is 11.9. The van der Waals surface area contributed by atoms with Crippen LogP contribution in [-0.2, 0) is 9.84 Å². The van der Waals surface area contributed by atoms with Gasteiger partial charge in [0.05, 0.1) is 11.5 Å². The molecule has 0 aliphatic rings. The lowest BCUT2D eigenvalue weighted by Gasteiger charge is -2.20. The van der Waals surface area contributed by atoms with E-state index in [9.17, 15) is 17.2 Å². The first-order valence-electron chi connectivity index (χ1n) is 8.57. The lowest BCUT2D eigenvalue weighted by molar-refractivity contribution is 0.553. The van der Waals surface area contributed by atoms with Gasteiger partial charge in [0.15, 0.2) is 9.84 Å². The van der Waals surface area contributed by atoms with Gasteiger partial charge < -0.3 is 0 Å². The van der Waals surface area contributed by atoms with E-state index in [2.05, 4.69) is 0 Å². The maximum Gasteiger partial charge on any atom is 0.151 e. The summed E-state index contributed by atoms with van der Waals surface area (Å²) in [5, 5.41) is 0. The monoisotopic (exact) mass is 366 g/mol. The molecule has 2 unspecified atom stereocenters. The van der Waals surface area contributed by atoms with Crippen molar-refractivity contribution in [3.8, 4) is 0 Å². The van der Waals surface area contributed by atoms with Gasteiger partial charge in [0.2, 0.25) is 0 Å². The third-order valence-electron chi connectivity index (χ3n) is 4.59. The zero-order valence-electron chi connectivity index (χ0n) is 14.6. The molecule has 0 heterocycles. The number of hydrogen-bond donors (Lipinski definition) is 0. The molecule has 2 aromatic rings. The van der Waals surface area contributed by atoms with E-state index in [0.717, 1.165) is 0 Å². The van der Waals surface area contributed by atoms with Crippen LogP contribution in [0.15, 0.2) is 48.5 Å². The van der Waals surface area contributed by atoms with Crippen molar-refractivity contribution in [2.75, 3.05) is 11.5 Å². The minimum absolute atomic E-state index is 0.130. The Morgan fingerprint density at radius 1 is 0.760 bits per heavy atom. The Kier molecular flexibility index (Phi) is 6.71. The topological polar surface area (TPSA) is 34.1 Å². The lowest BCUT2D eigenvalue weighted by atomic mass is 9.98. The summed E-state index contributed by atoms with van der Waals surface area (Å²) in [6, 6.07) is 12.6. The van der Waals surface area contributed by atoms with Crippen LogP contribution in [0, 0.1) is 11.6 Å². The first kappa shape index (κ1) is 19.6. The number of rotatable bonds is 8. The Balaban J connectivity index is 2.20. The molecule has 0 fully saturated rings. The van der Waals surface area contributed by atoms with Crippen molar-refractivity contribution in [2.24, 2.45) is 0 Å². The van der Waals surface area contributed by atoms with E-state index < -0.39 is 21.7 Å². The smallest absolute Gasteiger partial charge is 0.151 e. The minimum atomic E-state index is -3.47. The quantitative estimate of drug-likeness (QED) is 0.654. The van der Waals surface area contributed by atoms with Crippen molar-refractivity contribution < 1.29 is 17.2 Å². The Bertz CT molecular complexity index is 741. The molecule has 0 saturated heterocycles. The molecule has 5 heteroatoms. The summed E-state index contributed by atoms with van der Waals surface area (Å²) in [7, 11) is -3.47. The second kappa shape index (κ2) is 8.56. The number of benzene rings is 2. The molecule has 25 heavy (non-hydrogen) atoms. The summed E-state index contributed by atoms with van der Waals surface area (Å²) < 4.78 is 53.4. The van der Waals surface area contributed by atoms with Gasteiger partial charge in [0.25, 0.3) is 0 Å². The fraction of sp³-hybridized carbons (Fsp3) is 0.400. The minimum Gasteiger partial charge on any atom is -0.229 e. The van der Waals surface area contributed by atoms with Crippen LogP contribution in [-0.4, -0.2) is 19.9 Å². The first-order valence-corrected chi connectivity index (χ1v) is 10.4. The molecule has 0 radical (unpaired) electrons. The molecule has 0 N–H and O–H groups in total. The van der Waals surface area contributed by atoms with Crippen molar-refractivity contribution in [3.05, 3.63) is 71.3 Å². The van der Waals surface area contributed by atoms with Crippen LogP contribution in [0.1, 0.15) is 49.7 Å². The van der Waals surface area contributed by atoms with E-state index in [1.807, 2.05) is 13.8 Å². The van der Waals surface area contributed by atoms with E-state index in [1.165, 1.54) is 12.1 Å². The molecule has 0 aromatic heterocycles.